The van der Waals surface area contributed by atoms with Crippen molar-refractivity contribution in [1.29, 1.82) is 0 Å². The van der Waals surface area contributed by atoms with E-state index >= 15 is 0 Å². The van der Waals surface area contributed by atoms with E-state index in [0.29, 0.717) is 0 Å². The van der Waals surface area contributed by atoms with E-state index in [2.05, 4.69) is 0 Å². The van der Waals surface area contributed by atoms with Gasteiger partial charge in [0, 0.05) is 0 Å². The van der Waals surface area contributed by atoms with Crippen LogP contribution < -0.4 is 0 Å². The van der Waals surface area contributed by atoms with Crippen molar-refractivity contribution in [3.8, 4) is 0 Å². The van der Waals surface area contributed by atoms with E-state index in [1.54, 1.807) is 0 Å². The molecule has 1 atom stereocenters. The van der Waals surface area contributed by atoms with Crippen LogP contribution >= 0.6 is 0 Å². The molecule has 6 N–H and O–H groups in total. The van der Waals surface area contributed by atoms with E-state index in [1.807, 2.05) is 0 Å². The quantitative estimate of drug-likeness (QED) is 0.287. The zero-order chi connectivity index (χ0) is 15.6. The minimum atomic E-state index is -1.23. The minimum Gasteiger partial charge on any atom is -0.483 e. The Hall–Kier alpha value is -1.84. The highest BCUT2D eigenvalue weighted by molar-refractivity contribution is 5.71. The molecule has 0 heterocycles. The van der Waals surface area contributed by atoms with E-state index in [1.165, 1.54) is 6.92 Å². The number of hydrogen-bond acceptors (Lipinski definition) is 8. The molecule has 0 bridgehead atoms. The first-order chi connectivity index (χ1) is 8.28. The Balaban J connectivity index is -0.0000000770. The summed E-state index contributed by atoms with van der Waals surface area (Å²) in [5.74, 6) is -1.19. The van der Waals surface area contributed by atoms with Crippen LogP contribution in [0.15, 0.2) is 0 Å². The van der Waals surface area contributed by atoms with E-state index < -0.39 is 18.2 Å². The van der Waals surface area contributed by atoms with Crippen molar-refractivity contribution < 1.29 is 49.8 Å². The second-order valence-electron chi connectivity index (χ2n) is 2.22. The number of carboxylic acid groups (broad SMARTS) is 2. The van der Waals surface area contributed by atoms with Crippen molar-refractivity contribution in [3.63, 3.8) is 0 Å². The van der Waals surface area contributed by atoms with E-state index in [-0.39, 0.29) is 25.8 Å². The van der Waals surface area contributed by atoms with Gasteiger partial charge in [-0.25, -0.2) is 4.79 Å². The highest BCUT2D eigenvalue weighted by Crippen LogP contribution is 1.73. The van der Waals surface area contributed by atoms with Crippen molar-refractivity contribution in [2.24, 2.45) is 0 Å². The SMILES string of the molecule is CC(O)C(=O)O.O=C=O.O=CO.OCC(O)CO. The Bertz CT molecular complexity index is 204. The molecular formula is C8H16O10. The maximum atomic E-state index is 9.45. The Morgan fingerprint density at radius 2 is 1.39 bits per heavy atom. The zero-order valence-electron chi connectivity index (χ0n) is 9.46. The molecule has 0 saturated carbocycles. The standard InChI is InChI=1S/C3H8O3.C3H6O3.CH2O2.CO2/c4-1-3(6)2-5;1-2(4)3(5)6;2*2-1-3/h3-6H,1-2H2;2,4H,1H3,(H,5,6);1H,(H,2,3);. The van der Waals surface area contributed by atoms with Gasteiger partial charge in [-0.3, -0.25) is 4.79 Å². The first-order valence-corrected chi connectivity index (χ1v) is 4.16. The van der Waals surface area contributed by atoms with Crippen molar-refractivity contribution in [3.05, 3.63) is 0 Å². The second-order valence-corrected chi connectivity index (χ2v) is 2.22. The van der Waals surface area contributed by atoms with Crippen molar-refractivity contribution in [1.82, 2.24) is 0 Å². The van der Waals surface area contributed by atoms with E-state index in [9.17, 15) is 4.79 Å². The average molecular weight is 272 g/mol. The summed E-state index contributed by atoms with van der Waals surface area (Å²) in [5, 5.41) is 46.7. The molecule has 0 radical (unpaired) electrons. The van der Waals surface area contributed by atoms with Gasteiger partial charge < -0.3 is 30.6 Å². The number of rotatable bonds is 3. The smallest absolute Gasteiger partial charge is 0.373 e. The van der Waals surface area contributed by atoms with Crippen LogP contribution in [-0.4, -0.2) is 74.7 Å². The normalized spacial score (nSPS) is 9.00. The molecule has 0 saturated heterocycles. The number of aliphatic carboxylic acids is 1. The van der Waals surface area contributed by atoms with Gasteiger partial charge in [-0.05, 0) is 6.92 Å². The van der Waals surface area contributed by atoms with Gasteiger partial charge in [0.25, 0.3) is 6.47 Å². The summed E-state index contributed by atoms with van der Waals surface area (Å²) in [6.07, 6.45) is -1.94. The molecule has 0 aromatic carbocycles. The zero-order valence-corrected chi connectivity index (χ0v) is 9.46. The lowest BCUT2D eigenvalue weighted by Gasteiger charge is -1.96. The molecular weight excluding hydrogens is 256 g/mol. The van der Waals surface area contributed by atoms with Crippen molar-refractivity contribution in [2.45, 2.75) is 19.1 Å². The second kappa shape index (κ2) is 24.4. The molecule has 0 aromatic rings. The fourth-order valence-electron chi connectivity index (χ4n) is 0.0577. The first-order valence-electron chi connectivity index (χ1n) is 4.16. The molecule has 18 heavy (non-hydrogen) atoms. The summed E-state index contributed by atoms with van der Waals surface area (Å²) in [6.45, 7) is 0.218. The third-order valence-corrected chi connectivity index (χ3v) is 0.779. The predicted molar refractivity (Wildman–Crippen MR) is 53.2 cm³/mol. The maximum Gasteiger partial charge on any atom is 0.373 e. The number of hydrogen-bond donors (Lipinski definition) is 6. The fraction of sp³-hybridized carbons (Fsp3) is 0.625. The molecule has 108 valence electrons. The Morgan fingerprint density at radius 3 is 1.39 bits per heavy atom. The van der Waals surface area contributed by atoms with Gasteiger partial charge in [0.15, 0.2) is 0 Å². The summed E-state index contributed by atoms with van der Waals surface area (Å²) in [4.78, 5) is 34.1. The van der Waals surface area contributed by atoms with Crippen LogP contribution in [0.1, 0.15) is 6.92 Å². The highest BCUT2D eigenvalue weighted by Gasteiger charge is 2.01. The molecule has 1 unspecified atom stereocenters. The van der Waals surface area contributed by atoms with Gasteiger partial charge in [-0.15, -0.1) is 0 Å². The number of aliphatic hydroxyl groups excluding tert-OH is 4. The van der Waals surface area contributed by atoms with Crippen LogP contribution in [0.3, 0.4) is 0 Å². The number of carbonyl (C=O) groups excluding carboxylic acids is 2. The van der Waals surface area contributed by atoms with Crippen LogP contribution in [0.4, 0.5) is 0 Å². The van der Waals surface area contributed by atoms with Gasteiger partial charge in [-0.1, -0.05) is 0 Å². The number of aliphatic hydroxyl groups is 4. The van der Waals surface area contributed by atoms with E-state index in [0.717, 1.165) is 0 Å². The fourth-order valence-corrected chi connectivity index (χ4v) is 0.0577. The molecule has 0 aliphatic carbocycles. The lowest BCUT2D eigenvalue weighted by Crippen LogP contribution is -2.15. The van der Waals surface area contributed by atoms with Crippen LogP contribution in [0.5, 0.6) is 0 Å². The van der Waals surface area contributed by atoms with Gasteiger partial charge in [0.1, 0.15) is 12.2 Å². The summed E-state index contributed by atoms with van der Waals surface area (Å²) in [7, 11) is 0. The van der Waals surface area contributed by atoms with Crippen LogP contribution in [0.2, 0.25) is 0 Å². The highest BCUT2D eigenvalue weighted by atomic mass is 16.4. The van der Waals surface area contributed by atoms with Gasteiger partial charge >= 0.3 is 12.1 Å². The molecule has 0 fully saturated rings. The van der Waals surface area contributed by atoms with Crippen LogP contribution in [-0.2, 0) is 19.2 Å². The molecule has 0 aliphatic rings. The molecule has 10 heteroatoms. The largest absolute Gasteiger partial charge is 0.483 e. The molecule has 10 nitrogen and oxygen atoms in total. The Labute approximate surface area is 102 Å². The lowest BCUT2D eigenvalue weighted by atomic mass is 10.4. The molecule has 0 rings (SSSR count). The monoisotopic (exact) mass is 272 g/mol. The maximum absolute atomic E-state index is 9.45. The van der Waals surface area contributed by atoms with Gasteiger partial charge in [-0.2, -0.15) is 9.59 Å². The Morgan fingerprint density at radius 1 is 1.22 bits per heavy atom. The summed E-state index contributed by atoms with van der Waals surface area (Å²) in [6, 6.07) is 0. The summed E-state index contributed by atoms with van der Waals surface area (Å²) >= 11 is 0. The van der Waals surface area contributed by atoms with Gasteiger partial charge in [0.2, 0.25) is 0 Å². The summed E-state index contributed by atoms with van der Waals surface area (Å²) < 4.78 is 0. The number of carbonyl (C=O) groups is 2. The molecule has 0 aromatic heterocycles. The predicted octanol–water partition coefficient (Wildman–Crippen LogP) is -3.10. The van der Waals surface area contributed by atoms with Gasteiger partial charge in [0.05, 0.1) is 13.2 Å². The van der Waals surface area contributed by atoms with Crippen LogP contribution in [0.25, 0.3) is 0 Å². The minimum absolute atomic E-state index is 0.250. The van der Waals surface area contributed by atoms with Crippen molar-refractivity contribution >= 4 is 18.6 Å². The molecule has 0 amide bonds. The third-order valence-electron chi connectivity index (χ3n) is 0.779. The molecule has 0 aliphatic heterocycles. The summed E-state index contributed by atoms with van der Waals surface area (Å²) in [5.41, 5.74) is 0. The first kappa shape index (κ1) is 25.1. The van der Waals surface area contributed by atoms with E-state index in [4.69, 9.17) is 45.0 Å². The average Bonchev–Trinajstić information content (AvgIpc) is 2.30. The number of carboxylic acids is 1. The van der Waals surface area contributed by atoms with Crippen molar-refractivity contribution in [2.75, 3.05) is 13.2 Å². The third kappa shape index (κ3) is 64.6. The van der Waals surface area contributed by atoms with Crippen LogP contribution in [0, 0.1) is 0 Å². The topological polar surface area (TPSA) is 190 Å². The lowest BCUT2D eigenvalue weighted by molar-refractivity contribution is -0.191. The molecule has 0 spiro atoms. The Kier molecular flexibility index (Phi) is 34.1.